The Hall–Kier alpha value is 0.540. The van der Waals surface area contributed by atoms with Crippen molar-refractivity contribution in [2.75, 3.05) is 12.4 Å². The summed E-state index contributed by atoms with van der Waals surface area (Å²) in [5.74, 6) is 0. The largest absolute Gasteiger partial charge is 0.400 e. The van der Waals surface area contributed by atoms with Crippen molar-refractivity contribution in [2.45, 2.75) is 46.0 Å². The van der Waals surface area contributed by atoms with E-state index in [4.69, 9.17) is 28.3 Å². The molecule has 0 atom stereocenters. The molecule has 0 spiro atoms. The number of rotatable bonds is 4. The van der Waals surface area contributed by atoms with Crippen LogP contribution in [0, 0.1) is 0 Å². The average Bonchev–Trinajstić information content (AvgIpc) is 2.11. The second-order valence-corrected chi connectivity index (χ2v) is 2.97. The topological polar surface area (TPSA) is 20.2 Å². The van der Waals surface area contributed by atoms with Gasteiger partial charge in [0.1, 0.15) is 0 Å². The highest BCUT2D eigenvalue weighted by Crippen LogP contribution is 2.00. The summed E-state index contributed by atoms with van der Waals surface area (Å²) in [6.07, 6.45) is 7.01. The number of hydrogen-bond donors (Lipinski definition) is 1. The molecule has 0 aromatic carbocycles. The van der Waals surface area contributed by atoms with E-state index >= 15 is 0 Å². The van der Waals surface area contributed by atoms with Crippen LogP contribution in [0.3, 0.4) is 0 Å². The Morgan fingerprint density at radius 1 is 0.833 bits per heavy atom. The van der Waals surface area contributed by atoms with Crippen molar-refractivity contribution in [3.8, 4) is 0 Å². The van der Waals surface area contributed by atoms with Gasteiger partial charge in [0.2, 0.25) is 0 Å². The van der Waals surface area contributed by atoms with Gasteiger partial charge in [-0.05, 0) is 0 Å². The molecule has 1 N–H and O–H groups in total. The summed E-state index contributed by atoms with van der Waals surface area (Å²) >= 11 is 9.53. The molecular formula is C9H22Cl2O. The zero-order chi connectivity index (χ0) is 10.2. The van der Waals surface area contributed by atoms with E-state index in [1.54, 1.807) is 0 Å². The van der Waals surface area contributed by atoms with Gasteiger partial charge in [0, 0.05) is 7.11 Å². The lowest BCUT2D eigenvalue weighted by atomic mass is 10.2. The van der Waals surface area contributed by atoms with Gasteiger partial charge in [0.15, 0.2) is 0 Å². The predicted molar refractivity (Wildman–Crippen MR) is 59.1 cm³/mol. The van der Waals surface area contributed by atoms with Crippen molar-refractivity contribution in [1.82, 2.24) is 0 Å². The standard InChI is InChI=1S/C7H16.CH2Cl2.CH4O/c1-3-5-7-6-4-2;2-1-3;1-2/h3-7H2,1-2H3;1H2;2H,1H3. The molecule has 0 aromatic rings. The molecule has 0 heterocycles. The van der Waals surface area contributed by atoms with Gasteiger partial charge in [0.05, 0.1) is 5.34 Å². The molecule has 0 saturated carbocycles. The summed E-state index contributed by atoms with van der Waals surface area (Å²) in [5.41, 5.74) is 0. The van der Waals surface area contributed by atoms with Gasteiger partial charge in [-0.2, -0.15) is 0 Å². The quantitative estimate of drug-likeness (QED) is 0.557. The van der Waals surface area contributed by atoms with Crippen LogP contribution in [0.2, 0.25) is 0 Å². The van der Waals surface area contributed by atoms with E-state index in [2.05, 4.69) is 13.8 Å². The maximum atomic E-state index is 7.00. The molecule has 0 rings (SSSR count). The second kappa shape index (κ2) is 30.0. The number of aliphatic hydroxyl groups is 1. The Labute approximate surface area is 87.1 Å². The molecule has 0 radical (unpaired) electrons. The molecule has 0 saturated heterocycles. The van der Waals surface area contributed by atoms with Crippen LogP contribution in [0.4, 0.5) is 0 Å². The first kappa shape index (κ1) is 18.3. The Morgan fingerprint density at radius 2 is 1.08 bits per heavy atom. The number of halogens is 2. The lowest BCUT2D eigenvalue weighted by Gasteiger charge is -1.90. The highest BCUT2D eigenvalue weighted by Gasteiger charge is 1.80. The highest BCUT2D eigenvalue weighted by atomic mass is 35.5. The molecule has 0 aliphatic carbocycles. The zero-order valence-electron chi connectivity index (χ0n) is 8.45. The molecule has 0 unspecified atom stereocenters. The summed E-state index contributed by atoms with van der Waals surface area (Å²) in [7, 11) is 1.00. The third-order valence-corrected chi connectivity index (χ3v) is 1.21. The minimum absolute atomic E-state index is 0.194. The fourth-order valence-electron chi connectivity index (χ4n) is 0.677. The van der Waals surface area contributed by atoms with Gasteiger partial charge in [-0.25, -0.2) is 0 Å². The maximum Gasteiger partial charge on any atom is 0.0967 e. The minimum atomic E-state index is 0.194. The van der Waals surface area contributed by atoms with E-state index in [0.717, 1.165) is 7.11 Å². The van der Waals surface area contributed by atoms with E-state index in [-0.39, 0.29) is 5.34 Å². The fourth-order valence-corrected chi connectivity index (χ4v) is 0.677. The maximum absolute atomic E-state index is 7.00. The third kappa shape index (κ3) is 46.5. The zero-order valence-corrected chi connectivity index (χ0v) is 9.96. The van der Waals surface area contributed by atoms with Crippen LogP contribution in [0.15, 0.2) is 0 Å². The first-order valence-electron chi connectivity index (χ1n) is 4.40. The van der Waals surface area contributed by atoms with Crippen molar-refractivity contribution in [2.24, 2.45) is 0 Å². The van der Waals surface area contributed by atoms with Gasteiger partial charge in [-0.15, -0.1) is 23.2 Å². The molecule has 78 valence electrons. The van der Waals surface area contributed by atoms with Crippen molar-refractivity contribution in [3.05, 3.63) is 0 Å². The van der Waals surface area contributed by atoms with E-state index in [9.17, 15) is 0 Å². The SMILES string of the molecule is CCCCCCC.CO.ClCCl. The van der Waals surface area contributed by atoms with Crippen molar-refractivity contribution in [1.29, 1.82) is 0 Å². The van der Waals surface area contributed by atoms with Crippen LogP contribution in [-0.2, 0) is 0 Å². The molecule has 12 heavy (non-hydrogen) atoms. The van der Waals surface area contributed by atoms with Crippen molar-refractivity contribution < 1.29 is 5.11 Å². The Kier molecular flexibility index (Phi) is 45.8. The Morgan fingerprint density at radius 3 is 1.25 bits per heavy atom. The van der Waals surface area contributed by atoms with E-state index < -0.39 is 0 Å². The smallest absolute Gasteiger partial charge is 0.0967 e. The second-order valence-electron chi connectivity index (χ2n) is 2.16. The summed E-state index contributed by atoms with van der Waals surface area (Å²) in [4.78, 5) is 0. The van der Waals surface area contributed by atoms with Gasteiger partial charge in [0.25, 0.3) is 0 Å². The first-order valence-corrected chi connectivity index (χ1v) is 5.46. The number of aliphatic hydroxyl groups excluding tert-OH is 1. The Balaban J connectivity index is -0.000000137. The van der Waals surface area contributed by atoms with Crippen LogP contribution in [0.25, 0.3) is 0 Å². The van der Waals surface area contributed by atoms with Crippen LogP contribution in [0.1, 0.15) is 46.0 Å². The van der Waals surface area contributed by atoms with Crippen LogP contribution < -0.4 is 0 Å². The number of unbranched alkanes of at least 4 members (excludes halogenated alkanes) is 4. The summed E-state index contributed by atoms with van der Waals surface area (Å²) in [6, 6.07) is 0. The normalized spacial score (nSPS) is 7.50. The summed E-state index contributed by atoms with van der Waals surface area (Å²) < 4.78 is 0. The van der Waals surface area contributed by atoms with E-state index in [0.29, 0.717) is 0 Å². The van der Waals surface area contributed by atoms with E-state index in [1.165, 1.54) is 32.1 Å². The number of alkyl halides is 2. The monoisotopic (exact) mass is 216 g/mol. The molecule has 1 nitrogen and oxygen atoms in total. The fraction of sp³-hybridized carbons (Fsp3) is 1.00. The Bertz CT molecular complexity index is 39.5. The highest BCUT2D eigenvalue weighted by molar-refractivity contribution is 6.40. The molecule has 3 heteroatoms. The molecule has 0 amide bonds. The average molecular weight is 217 g/mol. The summed E-state index contributed by atoms with van der Waals surface area (Å²) in [6.45, 7) is 4.49. The van der Waals surface area contributed by atoms with Gasteiger partial charge in [-0.1, -0.05) is 46.0 Å². The lowest BCUT2D eigenvalue weighted by Crippen LogP contribution is -1.70. The molecular weight excluding hydrogens is 195 g/mol. The van der Waals surface area contributed by atoms with Crippen molar-refractivity contribution in [3.63, 3.8) is 0 Å². The summed E-state index contributed by atoms with van der Waals surface area (Å²) in [5, 5.41) is 7.19. The van der Waals surface area contributed by atoms with Gasteiger partial charge in [-0.3, -0.25) is 0 Å². The van der Waals surface area contributed by atoms with Crippen LogP contribution >= 0.6 is 23.2 Å². The minimum Gasteiger partial charge on any atom is -0.400 e. The molecule has 0 aliphatic rings. The number of hydrogen-bond acceptors (Lipinski definition) is 1. The first-order chi connectivity index (χ1) is 5.83. The molecule has 0 bridgehead atoms. The third-order valence-electron chi connectivity index (χ3n) is 1.21. The predicted octanol–water partition coefficient (Wildman–Crippen LogP) is 4.01. The van der Waals surface area contributed by atoms with Crippen molar-refractivity contribution >= 4 is 23.2 Å². The van der Waals surface area contributed by atoms with Gasteiger partial charge >= 0.3 is 0 Å². The van der Waals surface area contributed by atoms with E-state index in [1.807, 2.05) is 0 Å². The molecule has 0 aliphatic heterocycles. The van der Waals surface area contributed by atoms with Gasteiger partial charge < -0.3 is 5.11 Å². The lowest BCUT2D eigenvalue weighted by molar-refractivity contribution is 0.399. The van der Waals surface area contributed by atoms with Crippen LogP contribution in [0.5, 0.6) is 0 Å². The van der Waals surface area contributed by atoms with Crippen LogP contribution in [-0.4, -0.2) is 17.6 Å². The molecule has 0 fully saturated rings. The molecule has 0 aromatic heterocycles.